The number of anilines is 2. The predicted molar refractivity (Wildman–Crippen MR) is 58.3 cm³/mol. The first-order valence-corrected chi connectivity index (χ1v) is 4.56. The molecule has 0 radical (unpaired) electrons. The van der Waals surface area contributed by atoms with Crippen molar-refractivity contribution in [3.8, 4) is 5.75 Å². The highest BCUT2D eigenvalue weighted by atomic mass is 16.5. The number of ether oxygens (including phenoxy) is 1. The van der Waals surface area contributed by atoms with Crippen LogP contribution < -0.4 is 10.1 Å². The zero-order chi connectivity index (χ0) is 10.5. The average molecular weight is 201 g/mol. The van der Waals surface area contributed by atoms with Gasteiger partial charge in [-0.3, -0.25) is 4.98 Å². The fourth-order valence-corrected chi connectivity index (χ4v) is 1.25. The molecule has 0 aliphatic rings. The first-order valence-electron chi connectivity index (χ1n) is 4.56. The van der Waals surface area contributed by atoms with Gasteiger partial charge in [-0.05, 0) is 12.1 Å². The molecule has 0 aliphatic heterocycles. The Kier molecular flexibility index (Phi) is 2.78. The molecule has 0 fully saturated rings. The van der Waals surface area contributed by atoms with E-state index in [0.29, 0.717) is 5.82 Å². The van der Waals surface area contributed by atoms with Crippen LogP contribution in [0.2, 0.25) is 0 Å². The highest BCUT2D eigenvalue weighted by Gasteiger charge is 2.01. The molecular weight excluding hydrogens is 190 g/mol. The lowest BCUT2D eigenvalue weighted by Gasteiger charge is -2.09. The molecule has 4 heteroatoms. The smallest absolute Gasteiger partial charge is 0.148 e. The van der Waals surface area contributed by atoms with Gasteiger partial charge in [-0.2, -0.15) is 0 Å². The molecule has 0 atom stereocenters. The van der Waals surface area contributed by atoms with Crippen molar-refractivity contribution < 1.29 is 4.74 Å². The Hall–Kier alpha value is -2.10. The SMILES string of the molecule is COc1ccccc1Nc1cnccn1. The lowest BCUT2D eigenvalue weighted by Crippen LogP contribution is -1.96. The average Bonchev–Trinajstić information content (AvgIpc) is 2.31. The van der Waals surface area contributed by atoms with Gasteiger partial charge in [-0.1, -0.05) is 12.1 Å². The number of nitrogens with one attached hydrogen (secondary N) is 1. The number of para-hydroxylation sites is 2. The predicted octanol–water partition coefficient (Wildman–Crippen LogP) is 2.23. The molecular formula is C11H11N3O. The zero-order valence-corrected chi connectivity index (χ0v) is 8.34. The van der Waals surface area contributed by atoms with Crippen LogP contribution in [0.5, 0.6) is 5.75 Å². The Balaban J connectivity index is 2.24. The fraction of sp³-hybridized carbons (Fsp3) is 0.0909. The van der Waals surface area contributed by atoms with E-state index in [1.807, 2.05) is 24.3 Å². The Morgan fingerprint density at radius 2 is 2.07 bits per heavy atom. The van der Waals surface area contributed by atoms with Gasteiger partial charge in [-0.15, -0.1) is 0 Å². The van der Waals surface area contributed by atoms with E-state index in [1.165, 1.54) is 0 Å². The molecule has 0 spiro atoms. The van der Waals surface area contributed by atoms with Crippen molar-refractivity contribution in [1.82, 2.24) is 9.97 Å². The highest BCUT2D eigenvalue weighted by molar-refractivity contribution is 5.63. The van der Waals surface area contributed by atoms with E-state index in [-0.39, 0.29) is 0 Å². The number of hydrogen-bond donors (Lipinski definition) is 1. The van der Waals surface area contributed by atoms with Gasteiger partial charge in [0.15, 0.2) is 0 Å². The van der Waals surface area contributed by atoms with Crippen molar-refractivity contribution in [3.63, 3.8) is 0 Å². The second-order valence-electron chi connectivity index (χ2n) is 2.92. The van der Waals surface area contributed by atoms with Crippen LogP contribution in [-0.2, 0) is 0 Å². The van der Waals surface area contributed by atoms with Crippen molar-refractivity contribution in [2.75, 3.05) is 12.4 Å². The lowest BCUT2D eigenvalue weighted by atomic mass is 10.3. The van der Waals surface area contributed by atoms with Crippen LogP contribution in [-0.4, -0.2) is 17.1 Å². The van der Waals surface area contributed by atoms with Crippen molar-refractivity contribution in [1.29, 1.82) is 0 Å². The van der Waals surface area contributed by atoms with Crippen molar-refractivity contribution >= 4 is 11.5 Å². The molecule has 1 heterocycles. The summed E-state index contributed by atoms with van der Waals surface area (Å²) < 4.78 is 5.21. The molecule has 4 nitrogen and oxygen atoms in total. The largest absolute Gasteiger partial charge is 0.495 e. The highest BCUT2D eigenvalue weighted by Crippen LogP contribution is 2.25. The van der Waals surface area contributed by atoms with Gasteiger partial charge < -0.3 is 10.1 Å². The lowest BCUT2D eigenvalue weighted by molar-refractivity contribution is 0.417. The summed E-state index contributed by atoms with van der Waals surface area (Å²) in [4.78, 5) is 8.09. The van der Waals surface area contributed by atoms with Gasteiger partial charge in [0.1, 0.15) is 11.6 Å². The first-order chi connectivity index (χ1) is 7.40. The van der Waals surface area contributed by atoms with E-state index >= 15 is 0 Å². The number of nitrogens with zero attached hydrogens (tertiary/aromatic N) is 2. The normalized spacial score (nSPS) is 9.67. The molecule has 76 valence electrons. The minimum absolute atomic E-state index is 0.696. The number of aromatic nitrogens is 2. The summed E-state index contributed by atoms with van der Waals surface area (Å²) in [6.45, 7) is 0. The Morgan fingerprint density at radius 1 is 1.20 bits per heavy atom. The van der Waals surface area contributed by atoms with E-state index in [4.69, 9.17) is 4.74 Å². The van der Waals surface area contributed by atoms with Crippen LogP contribution in [0.15, 0.2) is 42.9 Å². The Morgan fingerprint density at radius 3 is 2.80 bits per heavy atom. The maximum absolute atomic E-state index is 5.21. The minimum atomic E-state index is 0.696. The van der Waals surface area contributed by atoms with Crippen LogP contribution in [0, 0.1) is 0 Å². The van der Waals surface area contributed by atoms with Gasteiger partial charge >= 0.3 is 0 Å². The van der Waals surface area contributed by atoms with Crippen molar-refractivity contribution in [2.45, 2.75) is 0 Å². The molecule has 0 amide bonds. The van der Waals surface area contributed by atoms with Crippen LogP contribution in [0.3, 0.4) is 0 Å². The third-order valence-electron chi connectivity index (χ3n) is 1.93. The standard InChI is InChI=1S/C11H11N3O/c1-15-10-5-3-2-4-9(10)14-11-8-12-6-7-13-11/h2-8H,1H3,(H,13,14). The molecule has 0 unspecified atom stereocenters. The molecule has 1 aromatic carbocycles. The van der Waals surface area contributed by atoms with Crippen LogP contribution in [0.25, 0.3) is 0 Å². The minimum Gasteiger partial charge on any atom is -0.495 e. The van der Waals surface area contributed by atoms with Crippen LogP contribution >= 0.6 is 0 Å². The monoisotopic (exact) mass is 201 g/mol. The van der Waals surface area contributed by atoms with Gasteiger partial charge in [0.2, 0.25) is 0 Å². The van der Waals surface area contributed by atoms with Crippen molar-refractivity contribution in [2.24, 2.45) is 0 Å². The number of hydrogen-bond acceptors (Lipinski definition) is 4. The second-order valence-corrected chi connectivity index (χ2v) is 2.92. The third-order valence-corrected chi connectivity index (χ3v) is 1.93. The van der Waals surface area contributed by atoms with E-state index in [2.05, 4.69) is 15.3 Å². The van der Waals surface area contributed by atoms with E-state index in [1.54, 1.807) is 25.7 Å². The molecule has 2 aromatic rings. The summed E-state index contributed by atoms with van der Waals surface area (Å²) >= 11 is 0. The number of rotatable bonds is 3. The summed E-state index contributed by atoms with van der Waals surface area (Å²) in [7, 11) is 1.64. The zero-order valence-electron chi connectivity index (χ0n) is 8.34. The van der Waals surface area contributed by atoms with Gasteiger partial charge in [-0.25, -0.2) is 4.98 Å². The van der Waals surface area contributed by atoms with E-state index in [9.17, 15) is 0 Å². The molecule has 0 aliphatic carbocycles. The number of methoxy groups -OCH3 is 1. The fourth-order valence-electron chi connectivity index (χ4n) is 1.25. The van der Waals surface area contributed by atoms with Crippen LogP contribution in [0.1, 0.15) is 0 Å². The van der Waals surface area contributed by atoms with Gasteiger partial charge in [0.25, 0.3) is 0 Å². The van der Waals surface area contributed by atoms with E-state index in [0.717, 1.165) is 11.4 Å². The Bertz CT molecular complexity index is 431. The molecule has 15 heavy (non-hydrogen) atoms. The summed E-state index contributed by atoms with van der Waals surface area (Å²) in [5.74, 6) is 1.48. The molecule has 1 N–H and O–H groups in total. The summed E-state index contributed by atoms with van der Waals surface area (Å²) in [6.07, 6.45) is 4.93. The number of benzene rings is 1. The second kappa shape index (κ2) is 4.41. The summed E-state index contributed by atoms with van der Waals surface area (Å²) in [5, 5.41) is 3.12. The van der Waals surface area contributed by atoms with E-state index < -0.39 is 0 Å². The van der Waals surface area contributed by atoms with Gasteiger partial charge in [0.05, 0.1) is 19.0 Å². The van der Waals surface area contributed by atoms with Gasteiger partial charge in [0, 0.05) is 12.4 Å². The maximum Gasteiger partial charge on any atom is 0.148 e. The molecule has 0 bridgehead atoms. The topological polar surface area (TPSA) is 47.0 Å². The quantitative estimate of drug-likeness (QED) is 0.827. The molecule has 2 rings (SSSR count). The molecule has 0 saturated carbocycles. The van der Waals surface area contributed by atoms with Crippen LogP contribution in [0.4, 0.5) is 11.5 Å². The van der Waals surface area contributed by atoms with Crippen molar-refractivity contribution in [3.05, 3.63) is 42.9 Å². The molecule has 1 aromatic heterocycles. The molecule has 0 saturated heterocycles. The summed E-state index contributed by atoms with van der Waals surface area (Å²) in [5.41, 5.74) is 0.875. The maximum atomic E-state index is 5.21. The Labute approximate surface area is 88.0 Å². The third kappa shape index (κ3) is 2.22. The summed E-state index contributed by atoms with van der Waals surface area (Å²) in [6, 6.07) is 7.66. The first kappa shape index (κ1) is 9.45.